The van der Waals surface area contributed by atoms with E-state index in [2.05, 4.69) is 19.9 Å². The van der Waals surface area contributed by atoms with Gasteiger partial charge in [0.15, 0.2) is 0 Å². The van der Waals surface area contributed by atoms with Crippen LogP contribution in [0.5, 0.6) is 0 Å². The molecule has 0 aliphatic heterocycles. The van der Waals surface area contributed by atoms with Crippen molar-refractivity contribution in [3.63, 3.8) is 0 Å². The maximum atomic E-state index is 12.1. The summed E-state index contributed by atoms with van der Waals surface area (Å²) in [6.45, 7) is 2.47. The Morgan fingerprint density at radius 1 is 0.853 bits per heavy atom. The average molecular weight is 563 g/mol. The topological polar surface area (TPSA) is 104 Å². The van der Waals surface area contributed by atoms with Crippen molar-refractivity contribution < 1.29 is 41.8 Å². The van der Waals surface area contributed by atoms with Gasteiger partial charge in [-0.15, -0.1) is 0 Å². The van der Waals surface area contributed by atoms with Gasteiger partial charge in [0.05, 0.1) is 17.9 Å². The van der Waals surface area contributed by atoms with Gasteiger partial charge in [-0.1, -0.05) is 42.5 Å². The summed E-state index contributed by atoms with van der Waals surface area (Å²) in [7, 11) is -6.00. The molecule has 0 bridgehead atoms. The average Bonchev–Trinajstić information content (AvgIpc) is 2.81. The number of aromatic nitrogens is 2. The summed E-state index contributed by atoms with van der Waals surface area (Å²) in [4.78, 5) is 22.4. The van der Waals surface area contributed by atoms with Gasteiger partial charge in [0, 0.05) is 32.0 Å². The molecule has 0 saturated heterocycles. The summed E-state index contributed by atoms with van der Waals surface area (Å²) >= 11 is 0. The van der Waals surface area contributed by atoms with E-state index in [0.717, 1.165) is 11.4 Å². The van der Waals surface area contributed by atoms with Crippen LogP contribution in [0.15, 0.2) is 84.1 Å². The number of nitrogens with zero attached hydrogens (tertiary/aromatic N) is 5. The van der Waals surface area contributed by atoms with E-state index in [0.29, 0.717) is 31.7 Å². The third-order valence-electron chi connectivity index (χ3n) is 3.92. The molecule has 0 spiro atoms. The van der Waals surface area contributed by atoms with Crippen molar-refractivity contribution in [2.24, 2.45) is 4.99 Å². The first kappa shape index (κ1) is 31.0. The quantitative estimate of drug-likeness (QED) is 0.179. The monoisotopic (exact) mass is 564 g/mol. The second kappa shape index (κ2) is 17.4. The number of hydrogen-bond acceptors (Lipinski definition) is 6. The molecular formula is C21H21BF4N5O2Ru. The van der Waals surface area contributed by atoms with Crippen LogP contribution in [0.2, 0.25) is 0 Å². The zero-order valence-corrected chi connectivity index (χ0v) is 19.6. The number of rotatable bonds is 8. The van der Waals surface area contributed by atoms with E-state index in [9.17, 15) is 22.4 Å². The first-order valence-corrected chi connectivity index (χ1v) is 9.66. The molecule has 2 aromatic heterocycles. The van der Waals surface area contributed by atoms with Gasteiger partial charge < -0.3 is 32.9 Å². The van der Waals surface area contributed by atoms with Crippen LogP contribution in [0.4, 0.5) is 17.3 Å². The molecule has 34 heavy (non-hydrogen) atoms. The zero-order valence-electron chi connectivity index (χ0n) is 17.8. The van der Waals surface area contributed by atoms with E-state index in [1.807, 2.05) is 54.6 Å². The first-order valence-electron chi connectivity index (χ1n) is 9.66. The minimum Gasteiger partial charge on any atom is -0.858 e. The summed E-state index contributed by atoms with van der Waals surface area (Å²) < 4.78 is 39.0. The van der Waals surface area contributed by atoms with Crippen LogP contribution in [-0.4, -0.2) is 41.1 Å². The largest absolute Gasteiger partial charge is 3.00 e. The van der Waals surface area contributed by atoms with Crippen molar-refractivity contribution >= 4 is 13.2 Å². The molecule has 1 aromatic carbocycles. The first-order chi connectivity index (χ1) is 15.8. The zero-order chi connectivity index (χ0) is 24.5. The number of pyridine rings is 2. The Kier molecular flexibility index (Phi) is 15.9. The molecule has 3 aromatic rings. The van der Waals surface area contributed by atoms with Crippen molar-refractivity contribution in [2.45, 2.75) is 13.1 Å². The van der Waals surface area contributed by atoms with Crippen LogP contribution >= 0.6 is 0 Å². The molecule has 13 heteroatoms. The van der Waals surface area contributed by atoms with Gasteiger partial charge in [-0.05, 0) is 35.7 Å². The normalized spacial score (nSPS) is 10.8. The molecule has 0 unspecified atom stereocenters. The summed E-state index contributed by atoms with van der Waals surface area (Å²) in [5, 5.41) is 12.1. The number of aliphatic imine (C=N–C) groups is 1. The minimum absolute atomic E-state index is 0. The maximum absolute atomic E-state index is 12.1. The Labute approximate surface area is 207 Å². The Morgan fingerprint density at radius 2 is 1.29 bits per heavy atom. The van der Waals surface area contributed by atoms with Crippen LogP contribution in [0.3, 0.4) is 0 Å². The van der Waals surface area contributed by atoms with E-state index in [1.165, 1.54) is 0 Å². The molecule has 7 nitrogen and oxygen atoms in total. The van der Waals surface area contributed by atoms with Crippen LogP contribution in [0, 0.1) is 4.91 Å². The Bertz CT molecular complexity index is 895. The fourth-order valence-electron chi connectivity index (χ4n) is 2.62. The molecule has 0 aliphatic carbocycles. The van der Waals surface area contributed by atoms with Gasteiger partial charge in [-0.25, -0.2) is 0 Å². The van der Waals surface area contributed by atoms with Gasteiger partial charge in [0.25, 0.3) is 0 Å². The molecule has 181 valence electrons. The Balaban J connectivity index is 0.00000121. The van der Waals surface area contributed by atoms with Gasteiger partial charge in [-0.2, -0.15) is 0 Å². The van der Waals surface area contributed by atoms with Crippen LogP contribution in [-0.2, 0) is 32.6 Å². The summed E-state index contributed by atoms with van der Waals surface area (Å²) in [6, 6.07) is 20.9. The molecule has 0 fully saturated rings. The van der Waals surface area contributed by atoms with E-state index in [1.54, 1.807) is 24.5 Å². The molecule has 3 rings (SSSR count). The maximum Gasteiger partial charge on any atom is 3.00 e. The standard InChI is InChI=1S/C21H22N4O.BF4.NO.Ru/c26-21(18-8-2-1-3-9-18)24-14-15-25(16-19-10-4-6-12-22-19)17-20-11-5-7-13-23-20;2-1(3,4)5;1-2;/h1-13H,14-17H2,(H,24,26);;;/q;2*-1;+3/p-1. The third-order valence-corrected chi connectivity index (χ3v) is 3.92. The molecule has 2 heterocycles. The smallest absolute Gasteiger partial charge is 0.858 e. The third kappa shape index (κ3) is 14.9. The fraction of sp³-hybridized carbons (Fsp3) is 0.190. The van der Waals surface area contributed by atoms with E-state index < -0.39 is 7.25 Å². The molecule has 0 atom stereocenters. The number of nitroso groups, excluding NO2 is 1. The Hall–Kier alpha value is -3.04. The molecule has 0 N–H and O–H groups in total. The van der Waals surface area contributed by atoms with Crippen molar-refractivity contribution in [2.75, 3.05) is 13.1 Å². The molecular weight excluding hydrogens is 542 g/mol. The summed E-state index contributed by atoms with van der Waals surface area (Å²) in [6.07, 6.45) is 3.58. The second-order valence-electron chi connectivity index (χ2n) is 6.40. The number of halogens is 4. The molecule has 0 saturated carbocycles. The molecule has 0 aliphatic rings. The summed E-state index contributed by atoms with van der Waals surface area (Å²) in [5.74, 6) is -0.179. The van der Waals surface area contributed by atoms with Crippen LogP contribution in [0.25, 0.3) is 5.59 Å². The minimum atomic E-state index is -6.00. The van der Waals surface area contributed by atoms with Gasteiger partial charge in [0.1, 0.15) is 0 Å². The molecule has 0 amide bonds. The van der Waals surface area contributed by atoms with Crippen molar-refractivity contribution in [3.05, 3.63) is 107 Å². The Morgan fingerprint density at radius 3 is 1.71 bits per heavy atom. The van der Waals surface area contributed by atoms with Gasteiger partial charge in [-0.3, -0.25) is 19.9 Å². The number of benzene rings is 1. The fourth-order valence-corrected chi connectivity index (χ4v) is 2.62. The number of hydrogen-bond donors (Lipinski definition) is 0. The van der Waals surface area contributed by atoms with Crippen LogP contribution < -0.4 is 5.11 Å². The predicted molar refractivity (Wildman–Crippen MR) is 117 cm³/mol. The SMILES string of the molecule is F[B-](F)(F)F.[N-]=O.[O-]C(=NCCN(Cc1ccccn1)Cc1ccccn1)c1ccccc1.[Ru+3]. The van der Waals surface area contributed by atoms with E-state index >= 15 is 0 Å². The van der Waals surface area contributed by atoms with E-state index in [4.69, 9.17) is 10.5 Å². The van der Waals surface area contributed by atoms with Crippen molar-refractivity contribution in [1.29, 1.82) is 0 Å². The second-order valence-corrected chi connectivity index (χ2v) is 6.40. The molecule has 1 radical (unpaired) electrons. The van der Waals surface area contributed by atoms with Gasteiger partial charge >= 0.3 is 26.7 Å². The summed E-state index contributed by atoms with van der Waals surface area (Å²) in [5.41, 5.74) is 8.34. The predicted octanol–water partition coefficient (Wildman–Crippen LogP) is 3.91. The van der Waals surface area contributed by atoms with Gasteiger partial charge in [0.2, 0.25) is 0 Å². The van der Waals surface area contributed by atoms with E-state index in [-0.39, 0.29) is 25.4 Å². The van der Waals surface area contributed by atoms with Crippen molar-refractivity contribution in [3.8, 4) is 0 Å². The van der Waals surface area contributed by atoms with Crippen LogP contribution in [0.1, 0.15) is 17.0 Å². The van der Waals surface area contributed by atoms with Crippen molar-refractivity contribution in [1.82, 2.24) is 14.9 Å².